The highest BCUT2D eigenvalue weighted by Gasteiger charge is 2.37. The van der Waals surface area contributed by atoms with Crippen molar-refractivity contribution in [3.8, 4) is 29.1 Å². The molecule has 2 N–H and O–H groups in total. The molecule has 2 aromatic rings. The number of hydrogen-bond donors (Lipinski definition) is 1. The number of nitrogens with zero attached hydrogens (tertiary/aromatic N) is 1. The zero-order valence-electron chi connectivity index (χ0n) is 19.8. The van der Waals surface area contributed by atoms with Crippen molar-refractivity contribution >= 4 is 6.08 Å². The van der Waals surface area contributed by atoms with E-state index in [9.17, 15) is 5.26 Å². The van der Waals surface area contributed by atoms with Crippen LogP contribution in [-0.2, 0) is 4.74 Å². The lowest BCUT2D eigenvalue weighted by Crippen LogP contribution is -2.24. The number of methoxy groups -OCH3 is 4. The summed E-state index contributed by atoms with van der Waals surface area (Å²) in [6.07, 6.45) is 4.57. The third kappa shape index (κ3) is 4.15. The summed E-state index contributed by atoms with van der Waals surface area (Å²) in [6.45, 7) is 0. The summed E-state index contributed by atoms with van der Waals surface area (Å²) in [5, 5.41) is 9.97. The van der Waals surface area contributed by atoms with Crippen molar-refractivity contribution in [1.82, 2.24) is 0 Å². The average molecular weight is 461 g/mol. The van der Waals surface area contributed by atoms with Gasteiger partial charge >= 0.3 is 0 Å². The van der Waals surface area contributed by atoms with Crippen molar-refractivity contribution in [1.29, 1.82) is 5.26 Å². The van der Waals surface area contributed by atoms with Gasteiger partial charge < -0.3 is 29.4 Å². The second kappa shape index (κ2) is 9.84. The van der Waals surface area contributed by atoms with E-state index in [2.05, 4.69) is 12.1 Å². The zero-order chi connectivity index (χ0) is 24.2. The number of benzene rings is 2. The summed E-state index contributed by atoms with van der Waals surface area (Å²) in [4.78, 5) is 0. The van der Waals surface area contributed by atoms with Gasteiger partial charge in [-0.05, 0) is 54.7 Å². The van der Waals surface area contributed by atoms with E-state index in [1.807, 2.05) is 36.4 Å². The van der Waals surface area contributed by atoms with Gasteiger partial charge in [0.25, 0.3) is 0 Å². The monoisotopic (exact) mass is 460 g/mol. The van der Waals surface area contributed by atoms with Crippen molar-refractivity contribution in [2.24, 2.45) is 5.73 Å². The lowest BCUT2D eigenvalue weighted by molar-refractivity contribution is 0.276. The van der Waals surface area contributed by atoms with Crippen LogP contribution in [0.25, 0.3) is 6.08 Å². The first-order valence-corrected chi connectivity index (χ1v) is 11.0. The minimum Gasteiger partial charge on any atom is -0.497 e. The molecule has 0 bridgehead atoms. The normalized spacial score (nSPS) is 18.7. The maximum Gasteiger partial charge on any atom is 0.205 e. The number of nitrogens with two attached hydrogens (primary N) is 1. The Hall–Kier alpha value is -4.05. The Bertz CT molecular complexity index is 1240. The lowest BCUT2D eigenvalue weighted by atomic mass is 9.76. The summed E-state index contributed by atoms with van der Waals surface area (Å²) in [5.74, 6) is 3.18. The molecule has 0 saturated carbocycles. The molecule has 176 valence electrons. The Balaban J connectivity index is 1.86. The predicted octanol–water partition coefficient (Wildman–Crippen LogP) is 5.05. The topological polar surface area (TPSA) is 96.0 Å². The minimum atomic E-state index is -0.365. The number of hydrogen-bond acceptors (Lipinski definition) is 7. The van der Waals surface area contributed by atoms with Gasteiger partial charge in [0, 0.05) is 23.3 Å². The Morgan fingerprint density at radius 1 is 0.941 bits per heavy atom. The highest BCUT2D eigenvalue weighted by molar-refractivity contribution is 5.67. The average Bonchev–Trinajstić information content (AvgIpc) is 2.88. The van der Waals surface area contributed by atoms with Crippen LogP contribution in [0.15, 0.2) is 64.8 Å². The molecule has 1 atom stereocenters. The summed E-state index contributed by atoms with van der Waals surface area (Å²) in [6, 6.07) is 13.6. The molecule has 0 amide bonds. The van der Waals surface area contributed by atoms with Gasteiger partial charge in [-0.1, -0.05) is 6.07 Å². The van der Waals surface area contributed by atoms with Crippen molar-refractivity contribution in [3.05, 3.63) is 75.9 Å². The summed E-state index contributed by atoms with van der Waals surface area (Å²) >= 11 is 0. The molecule has 1 heterocycles. The summed E-state index contributed by atoms with van der Waals surface area (Å²) in [7, 11) is 6.46. The van der Waals surface area contributed by atoms with Crippen LogP contribution in [0.4, 0.5) is 0 Å². The van der Waals surface area contributed by atoms with E-state index in [0.717, 1.165) is 41.5 Å². The molecule has 2 aliphatic rings. The molecule has 0 radical (unpaired) electrons. The molecular weight excluding hydrogens is 432 g/mol. The van der Waals surface area contributed by atoms with Gasteiger partial charge in [0.2, 0.25) is 5.88 Å². The van der Waals surface area contributed by atoms with Crippen LogP contribution in [-0.4, -0.2) is 28.4 Å². The quantitative estimate of drug-likeness (QED) is 0.644. The van der Waals surface area contributed by atoms with Crippen molar-refractivity contribution in [2.45, 2.75) is 25.2 Å². The van der Waals surface area contributed by atoms with E-state index in [4.69, 9.17) is 29.4 Å². The van der Waals surface area contributed by atoms with E-state index < -0.39 is 0 Å². The fourth-order valence-corrected chi connectivity index (χ4v) is 4.57. The summed E-state index contributed by atoms with van der Waals surface area (Å²) in [5.41, 5.74) is 10.4. The van der Waals surface area contributed by atoms with Crippen LogP contribution in [0.3, 0.4) is 0 Å². The summed E-state index contributed by atoms with van der Waals surface area (Å²) < 4.78 is 28.0. The zero-order valence-corrected chi connectivity index (χ0v) is 19.8. The highest BCUT2D eigenvalue weighted by atomic mass is 16.5. The van der Waals surface area contributed by atoms with Gasteiger partial charge in [0.1, 0.15) is 40.4 Å². The lowest BCUT2D eigenvalue weighted by Gasteiger charge is -2.33. The van der Waals surface area contributed by atoms with E-state index in [0.29, 0.717) is 34.3 Å². The number of ether oxygens (including phenoxy) is 5. The molecule has 1 aliphatic heterocycles. The van der Waals surface area contributed by atoms with Gasteiger partial charge in [-0.15, -0.1) is 0 Å². The molecule has 0 spiro atoms. The van der Waals surface area contributed by atoms with Crippen LogP contribution in [0, 0.1) is 11.3 Å². The molecular formula is C27H28N2O5. The van der Waals surface area contributed by atoms with Gasteiger partial charge in [-0.25, -0.2) is 0 Å². The SMILES string of the molecule is COc1ccc(C=C2CCCC3=C2OC(N)=C(C#N)C3c2ccc(OC)cc2OC)c(OC)c1. The number of rotatable bonds is 6. The second-order valence-corrected chi connectivity index (χ2v) is 8.02. The van der Waals surface area contributed by atoms with E-state index >= 15 is 0 Å². The number of allylic oxidation sites excluding steroid dienone is 3. The molecule has 4 rings (SSSR count). The first-order valence-electron chi connectivity index (χ1n) is 11.0. The van der Waals surface area contributed by atoms with Crippen LogP contribution in [0.1, 0.15) is 36.3 Å². The van der Waals surface area contributed by atoms with E-state index in [1.54, 1.807) is 28.4 Å². The first-order chi connectivity index (χ1) is 16.5. The number of nitriles is 1. The maximum atomic E-state index is 9.97. The van der Waals surface area contributed by atoms with Gasteiger partial charge in [-0.2, -0.15) is 5.26 Å². The molecule has 1 unspecified atom stereocenters. The standard InChI is InChI=1S/C27H28N2O5/c1-30-18-9-8-16(23(13-18)32-3)12-17-6-5-7-21-25(22(15-28)27(29)34-26(17)21)20-11-10-19(31-2)14-24(20)33-4/h8-14,25H,5-7,29H2,1-4H3. The molecule has 0 saturated heterocycles. The van der Waals surface area contributed by atoms with Crippen molar-refractivity contribution in [3.63, 3.8) is 0 Å². The Labute approximate surface area is 199 Å². The van der Waals surface area contributed by atoms with Gasteiger partial charge in [0.15, 0.2) is 0 Å². The van der Waals surface area contributed by atoms with Crippen LogP contribution < -0.4 is 24.7 Å². The Morgan fingerprint density at radius 2 is 1.62 bits per heavy atom. The van der Waals surface area contributed by atoms with Crippen LogP contribution >= 0.6 is 0 Å². The molecule has 2 aromatic carbocycles. The fraction of sp³-hybridized carbons (Fsp3) is 0.296. The van der Waals surface area contributed by atoms with E-state index in [1.165, 1.54) is 0 Å². The van der Waals surface area contributed by atoms with Crippen molar-refractivity contribution < 1.29 is 23.7 Å². The minimum absolute atomic E-state index is 0.110. The molecule has 7 nitrogen and oxygen atoms in total. The van der Waals surface area contributed by atoms with Crippen molar-refractivity contribution in [2.75, 3.05) is 28.4 Å². The Morgan fingerprint density at radius 3 is 2.26 bits per heavy atom. The van der Waals surface area contributed by atoms with Crippen LogP contribution in [0.2, 0.25) is 0 Å². The second-order valence-electron chi connectivity index (χ2n) is 8.02. The van der Waals surface area contributed by atoms with E-state index in [-0.39, 0.29) is 11.8 Å². The maximum absolute atomic E-state index is 9.97. The smallest absolute Gasteiger partial charge is 0.205 e. The van der Waals surface area contributed by atoms with Gasteiger partial charge in [0.05, 0.1) is 34.4 Å². The Kier molecular flexibility index (Phi) is 6.69. The first kappa shape index (κ1) is 23.1. The molecule has 1 aliphatic carbocycles. The largest absolute Gasteiger partial charge is 0.497 e. The highest BCUT2D eigenvalue weighted by Crippen LogP contribution is 2.49. The molecule has 34 heavy (non-hydrogen) atoms. The predicted molar refractivity (Wildman–Crippen MR) is 129 cm³/mol. The van der Waals surface area contributed by atoms with Gasteiger partial charge in [-0.3, -0.25) is 0 Å². The fourth-order valence-electron chi connectivity index (χ4n) is 4.57. The molecule has 0 fully saturated rings. The molecule has 0 aromatic heterocycles. The third-order valence-electron chi connectivity index (χ3n) is 6.23. The molecule has 7 heteroatoms. The van der Waals surface area contributed by atoms with Crippen LogP contribution in [0.5, 0.6) is 23.0 Å². The third-order valence-corrected chi connectivity index (χ3v) is 6.23.